The zero-order valence-corrected chi connectivity index (χ0v) is 12.6. The van der Waals surface area contributed by atoms with Crippen LogP contribution in [0.5, 0.6) is 0 Å². The topological polar surface area (TPSA) is 42.0 Å². The molecule has 92 valence electrons. The number of rotatable bonds is 2. The number of benzene rings is 1. The van der Waals surface area contributed by atoms with E-state index in [4.69, 9.17) is 23.2 Å². The highest BCUT2D eigenvalue weighted by atomic mass is 127. The predicted octanol–water partition coefficient (Wildman–Crippen LogP) is 4.25. The normalized spacial score (nSPS) is 10.2. The predicted molar refractivity (Wildman–Crippen MR) is 81.4 cm³/mol. The SMILES string of the molecule is O=C(Nc1ccc(Cl)c(I)c1)c1ccc(Cl)nc1. The minimum Gasteiger partial charge on any atom is -0.322 e. The first-order valence-electron chi connectivity index (χ1n) is 4.94. The van der Waals surface area contributed by atoms with E-state index < -0.39 is 0 Å². The molecule has 3 nitrogen and oxygen atoms in total. The van der Waals surface area contributed by atoms with Crippen molar-refractivity contribution in [2.24, 2.45) is 0 Å². The molecule has 1 amide bonds. The Bertz CT molecular complexity index is 587. The van der Waals surface area contributed by atoms with Crippen molar-refractivity contribution in [2.75, 3.05) is 5.32 Å². The average Bonchev–Trinajstić information content (AvgIpc) is 2.34. The summed E-state index contributed by atoms with van der Waals surface area (Å²) in [4.78, 5) is 15.7. The van der Waals surface area contributed by atoms with Crippen LogP contribution < -0.4 is 5.32 Å². The Morgan fingerprint density at radius 1 is 1.22 bits per heavy atom. The second kappa shape index (κ2) is 5.86. The van der Waals surface area contributed by atoms with Gasteiger partial charge >= 0.3 is 0 Å². The Morgan fingerprint density at radius 2 is 2.00 bits per heavy atom. The first kappa shape index (κ1) is 13.6. The zero-order chi connectivity index (χ0) is 13.1. The van der Waals surface area contributed by atoms with Crippen LogP contribution in [0.3, 0.4) is 0 Å². The van der Waals surface area contributed by atoms with Crippen molar-refractivity contribution in [3.8, 4) is 0 Å². The van der Waals surface area contributed by atoms with Crippen LogP contribution >= 0.6 is 45.8 Å². The largest absolute Gasteiger partial charge is 0.322 e. The van der Waals surface area contributed by atoms with E-state index in [1.165, 1.54) is 6.20 Å². The minimum atomic E-state index is -0.239. The number of aromatic nitrogens is 1. The standard InChI is InChI=1S/C12H7Cl2IN2O/c13-9-3-2-8(5-10(9)15)17-12(18)7-1-4-11(14)16-6-7/h1-6H,(H,17,18). The summed E-state index contributed by atoms with van der Waals surface area (Å²) in [5.74, 6) is -0.239. The molecule has 18 heavy (non-hydrogen) atoms. The van der Waals surface area contributed by atoms with Gasteiger partial charge in [0.25, 0.3) is 5.91 Å². The average molecular weight is 393 g/mol. The number of anilines is 1. The van der Waals surface area contributed by atoms with Crippen LogP contribution in [0.15, 0.2) is 36.5 Å². The van der Waals surface area contributed by atoms with Gasteiger partial charge in [0, 0.05) is 15.5 Å². The van der Waals surface area contributed by atoms with Crippen LogP contribution in [0.1, 0.15) is 10.4 Å². The molecule has 0 aliphatic carbocycles. The fourth-order valence-electron chi connectivity index (χ4n) is 1.29. The highest BCUT2D eigenvalue weighted by Crippen LogP contribution is 2.22. The second-order valence-corrected chi connectivity index (χ2v) is 5.41. The van der Waals surface area contributed by atoms with Crippen LogP contribution in [0.25, 0.3) is 0 Å². The minimum absolute atomic E-state index is 0.239. The molecule has 0 radical (unpaired) electrons. The van der Waals surface area contributed by atoms with Gasteiger partial charge in [-0.3, -0.25) is 4.79 Å². The molecule has 0 unspecified atom stereocenters. The van der Waals surface area contributed by atoms with Gasteiger partial charge in [0.2, 0.25) is 0 Å². The molecule has 0 spiro atoms. The lowest BCUT2D eigenvalue weighted by atomic mass is 10.2. The number of hydrogen-bond acceptors (Lipinski definition) is 2. The maximum Gasteiger partial charge on any atom is 0.257 e. The second-order valence-electron chi connectivity index (χ2n) is 3.45. The summed E-state index contributed by atoms with van der Waals surface area (Å²) >= 11 is 13.7. The number of carbonyl (C=O) groups is 1. The Labute approximate surface area is 128 Å². The first-order valence-corrected chi connectivity index (χ1v) is 6.77. The van der Waals surface area contributed by atoms with Crippen LogP contribution in [0.4, 0.5) is 5.69 Å². The number of amides is 1. The van der Waals surface area contributed by atoms with Crippen molar-refractivity contribution in [1.29, 1.82) is 0 Å². The smallest absolute Gasteiger partial charge is 0.257 e. The fourth-order valence-corrected chi connectivity index (χ4v) is 2.03. The molecule has 1 heterocycles. The summed E-state index contributed by atoms with van der Waals surface area (Å²) in [6, 6.07) is 8.46. The van der Waals surface area contributed by atoms with Gasteiger partial charge in [-0.05, 0) is 52.9 Å². The third-order valence-corrected chi connectivity index (χ3v) is 3.93. The molecule has 0 saturated heterocycles. The van der Waals surface area contributed by atoms with Crippen molar-refractivity contribution in [3.05, 3.63) is 55.8 Å². The van der Waals surface area contributed by atoms with E-state index in [0.717, 1.165) is 3.57 Å². The summed E-state index contributed by atoms with van der Waals surface area (Å²) in [7, 11) is 0. The van der Waals surface area contributed by atoms with Gasteiger partial charge in [-0.1, -0.05) is 23.2 Å². The Hall–Kier alpha value is -0.850. The Morgan fingerprint density at radius 3 is 2.61 bits per heavy atom. The van der Waals surface area contributed by atoms with Crippen molar-refractivity contribution in [1.82, 2.24) is 4.98 Å². The lowest BCUT2D eigenvalue weighted by Gasteiger charge is -2.06. The maximum atomic E-state index is 11.9. The van der Waals surface area contributed by atoms with Crippen molar-refractivity contribution in [3.63, 3.8) is 0 Å². The van der Waals surface area contributed by atoms with Crippen molar-refractivity contribution in [2.45, 2.75) is 0 Å². The summed E-state index contributed by atoms with van der Waals surface area (Å²) in [6.07, 6.45) is 1.43. The maximum absolute atomic E-state index is 11.9. The van der Waals surface area contributed by atoms with Gasteiger partial charge in [0.1, 0.15) is 5.15 Å². The van der Waals surface area contributed by atoms with E-state index in [1.54, 1.807) is 30.3 Å². The summed E-state index contributed by atoms with van der Waals surface area (Å²) < 4.78 is 0.876. The molecule has 0 aliphatic heterocycles. The van der Waals surface area contributed by atoms with Crippen LogP contribution in [0.2, 0.25) is 10.2 Å². The van der Waals surface area contributed by atoms with Gasteiger partial charge in [-0.25, -0.2) is 4.98 Å². The number of nitrogens with one attached hydrogen (secondary N) is 1. The number of carbonyl (C=O) groups excluding carboxylic acids is 1. The van der Waals surface area contributed by atoms with Gasteiger partial charge in [0.15, 0.2) is 0 Å². The Balaban J connectivity index is 2.16. The van der Waals surface area contributed by atoms with E-state index in [-0.39, 0.29) is 5.91 Å². The van der Waals surface area contributed by atoms with E-state index >= 15 is 0 Å². The molecule has 0 atom stereocenters. The van der Waals surface area contributed by atoms with Gasteiger partial charge < -0.3 is 5.32 Å². The molecule has 0 bridgehead atoms. The highest BCUT2D eigenvalue weighted by molar-refractivity contribution is 14.1. The molecule has 1 N–H and O–H groups in total. The molecule has 1 aromatic heterocycles. The van der Waals surface area contributed by atoms with Gasteiger partial charge in [-0.2, -0.15) is 0 Å². The molecule has 2 aromatic rings. The van der Waals surface area contributed by atoms with Crippen LogP contribution in [0, 0.1) is 3.57 Å². The summed E-state index contributed by atoms with van der Waals surface area (Å²) in [6.45, 7) is 0. The van der Waals surface area contributed by atoms with Crippen molar-refractivity contribution >= 4 is 57.4 Å². The molecular formula is C12H7Cl2IN2O. The van der Waals surface area contributed by atoms with Crippen molar-refractivity contribution < 1.29 is 4.79 Å². The molecule has 1 aromatic carbocycles. The summed E-state index contributed by atoms with van der Waals surface area (Å²) in [5.41, 5.74) is 1.13. The molecule has 0 fully saturated rings. The number of halogens is 3. The first-order chi connectivity index (χ1) is 8.56. The van der Waals surface area contributed by atoms with E-state index in [1.807, 2.05) is 0 Å². The third-order valence-electron chi connectivity index (χ3n) is 2.17. The lowest BCUT2D eigenvalue weighted by Crippen LogP contribution is -2.12. The van der Waals surface area contributed by atoms with E-state index in [2.05, 4.69) is 32.9 Å². The lowest BCUT2D eigenvalue weighted by molar-refractivity contribution is 0.102. The quantitative estimate of drug-likeness (QED) is 0.613. The number of hydrogen-bond donors (Lipinski definition) is 1. The van der Waals surface area contributed by atoms with E-state index in [9.17, 15) is 4.79 Å². The molecular weight excluding hydrogens is 386 g/mol. The molecule has 6 heteroatoms. The molecule has 0 saturated carbocycles. The van der Waals surface area contributed by atoms with E-state index in [0.29, 0.717) is 21.4 Å². The van der Waals surface area contributed by atoms with Gasteiger partial charge in [0.05, 0.1) is 10.6 Å². The summed E-state index contributed by atoms with van der Waals surface area (Å²) in [5, 5.41) is 3.77. The number of nitrogens with zero attached hydrogens (tertiary/aromatic N) is 1. The number of pyridine rings is 1. The zero-order valence-electron chi connectivity index (χ0n) is 8.95. The fraction of sp³-hybridized carbons (Fsp3) is 0. The molecule has 2 rings (SSSR count). The van der Waals surface area contributed by atoms with Crippen LogP contribution in [-0.2, 0) is 0 Å². The third kappa shape index (κ3) is 3.34. The van der Waals surface area contributed by atoms with Crippen LogP contribution in [-0.4, -0.2) is 10.9 Å². The van der Waals surface area contributed by atoms with Gasteiger partial charge in [-0.15, -0.1) is 0 Å². The highest BCUT2D eigenvalue weighted by Gasteiger charge is 2.07. The Kier molecular flexibility index (Phi) is 4.42. The molecule has 0 aliphatic rings. The monoisotopic (exact) mass is 392 g/mol.